The zero-order valence-corrected chi connectivity index (χ0v) is 13.5. The molecule has 2 heterocycles. The molecule has 1 unspecified atom stereocenters. The number of amides is 1. The number of carbonyl (C=O) groups is 1. The van der Waals surface area contributed by atoms with Crippen LogP contribution in [0, 0.1) is 0 Å². The number of likely N-dealkylation sites (N-methyl/N-ethyl adjacent to an activating group) is 1. The molecule has 1 aromatic rings. The van der Waals surface area contributed by atoms with E-state index in [2.05, 4.69) is 20.2 Å². The van der Waals surface area contributed by atoms with Crippen LogP contribution in [0.5, 0.6) is 0 Å². The molecule has 2 N–H and O–H groups in total. The second-order valence-electron chi connectivity index (χ2n) is 5.89. The van der Waals surface area contributed by atoms with Crippen molar-refractivity contribution < 1.29 is 9.90 Å². The highest BCUT2D eigenvalue weighted by molar-refractivity contribution is 5.83. The van der Waals surface area contributed by atoms with Gasteiger partial charge in [0.25, 0.3) is 0 Å². The van der Waals surface area contributed by atoms with Gasteiger partial charge in [0.15, 0.2) is 0 Å². The summed E-state index contributed by atoms with van der Waals surface area (Å²) < 4.78 is 0. The van der Waals surface area contributed by atoms with Gasteiger partial charge in [-0.2, -0.15) is 0 Å². The van der Waals surface area contributed by atoms with Gasteiger partial charge >= 0.3 is 0 Å². The summed E-state index contributed by atoms with van der Waals surface area (Å²) in [6, 6.07) is 1.60. The smallest absolute Gasteiger partial charge is 0.244 e. The molecule has 1 aromatic heterocycles. The molecule has 1 saturated heterocycles. The molecule has 0 radical (unpaired) electrons. The maximum absolute atomic E-state index is 11.9. The van der Waals surface area contributed by atoms with E-state index in [1.54, 1.807) is 19.0 Å². The Bertz CT molecular complexity index is 508. The zero-order chi connectivity index (χ0) is 16.1. The fourth-order valence-corrected chi connectivity index (χ4v) is 2.75. The molecule has 0 spiro atoms. The van der Waals surface area contributed by atoms with Gasteiger partial charge in [0.05, 0.1) is 12.6 Å². The highest BCUT2D eigenvalue weighted by Crippen LogP contribution is 2.24. The molecule has 7 nitrogen and oxygen atoms in total. The molecule has 2 rings (SSSR count). The summed E-state index contributed by atoms with van der Waals surface area (Å²) in [5.41, 5.74) is 0. The van der Waals surface area contributed by atoms with E-state index in [1.165, 1.54) is 6.33 Å². The minimum atomic E-state index is -0.354. The lowest BCUT2D eigenvalue weighted by Crippen LogP contribution is -2.42. The van der Waals surface area contributed by atoms with Gasteiger partial charge in [-0.1, -0.05) is 0 Å². The van der Waals surface area contributed by atoms with Crippen LogP contribution in [-0.4, -0.2) is 65.2 Å². The molecule has 1 fully saturated rings. The van der Waals surface area contributed by atoms with Gasteiger partial charge in [0.2, 0.25) is 5.91 Å². The van der Waals surface area contributed by atoms with Gasteiger partial charge in [0.1, 0.15) is 24.0 Å². The number of aliphatic hydroxyl groups is 1. The van der Waals surface area contributed by atoms with E-state index in [-0.39, 0.29) is 24.6 Å². The quantitative estimate of drug-likeness (QED) is 0.834. The van der Waals surface area contributed by atoms with E-state index in [0.717, 1.165) is 31.6 Å². The van der Waals surface area contributed by atoms with E-state index in [4.69, 9.17) is 0 Å². The van der Waals surface area contributed by atoms with Crippen molar-refractivity contribution in [3.8, 4) is 0 Å². The first kappa shape index (κ1) is 16.5. The Morgan fingerprint density at radius 1 is 1.50 bits per heavy atom. The Hall–Kier alpha value is -1.89. The van der Waals surface area contributed by atoms with Crippen molar-refractivity contribution in [3.05, 3.63) is 12.4 Å². The monoisotopic (exact) mass is 307 g/mol. The Morgan fingerprint density at radius 2 is 2.27 bits per heavy atom. The van der Waals surface area contributed by atoms with E-state index < -0.39 is 0 Å². The number of carbonyl (C=O) groups excluding carboxylic acids is 1. The molecule has 0 aromatic carbocycles. The number of piperidine rings is 1. The Balaban J connectivity index is 2.11. The van der Waals surface area contributed by atoms with Crippen molar-refractivity contribution in [1.82, 2.24) is 14.9 Å². The van der Waals surface area contributed by atoms with E-state index in [1.807, 2.05) is 13.0 Å². The average Bonchev–Trinajstić information content (AvgIpc) is 2.54. The lowest BCUT2D eigenvalue weighted by atomic mass is 10.0. The summed E-state index contributed by atoms with van der Waals surface area (Å²) >= 11 is 0. The van der Waals surface area contributed by atoms with Crippen LogP contribution in [0.1, 0.15) is 26.2 Å². The van der Waals surface area contributed by atoms with Gasteiger partial charge in [0, 0.05) is 26.7 Å². The normalized spacial score (nSPS) is 19.6. The Labute approximate surface area is 131 Å². The number of nitrogens with zero attached hydrogens (tertiary/aromatic N) is 4. The maximum Gasteiger partial charge on any atom is 0.244 e. The third-order valence-electron chi connectivity index (χ3n) is 3.96. The highest BCUT2D eigenvalue weighted by Gasteiger charge is 2.23. The van der Waals surface area contributed by atoms with Gasteiger partial charge < -0.3 is 20.2 Å². The zero-order valence-electron chi connectivity index (χ0n) is 13.5. The second-order valence-corrected chi connectivity index (χ2v) is 5.89. The predicted molar refractivity (Wildman–Crippen MR) is 85.9 cm³/mol. The molecule has 2 atom stereocenters. The first-order valence-corrected chi connectivity index (χ1v) is 7.70. The Kier molecular flexibility index (Phi) is 5.54. The van der Waals surface area contributed by atoms with Gasteiger partial charge in [-0.15, -0.1) is 0 Å². The predicted octanol–water partition coefficient (Wildman–Crippen LogP) is 0.716. The molecule has 1 aliphatic heterocycles. The van der Waals surface area contributed by atoms with E-state index in [9.17, 15) is 9.90 Å². The van der Waals surface area contributed by atoms with Crippen LogP contribution >= 0.6 is 0 Å². The lowest BCUT2D eigenvalue weighted by molar-refractivity contribution is -0.129. The van der Waals surface area contributed by atoms with Crippen LogP contribution in [0.3, 0.4) is 0 Å². The van der Waals surface area contributed by atoms with Crippen LogP contribution in [0.4, 0.5) is 11.6 Å². The van der Waals surface area contributed by atoms with Crippen molar-refractivity contribution in [1.29, 1.82) is 0 Å². The van der Waals surface area contributed by atoms with Crippen LogP contribution in [0.2, 0.25) is 0 Å². The van der Waals surface area contributed by atoms with Crippen molar-refractivity contribution in [2.45, 2.75) is 38.3 Å². The number of aliphatic hydroxyl groups excluding tert-OH is 1. The third kappa shape index (κ3) is 3.85. The number of nitrogens with one attached hydrogen (secondary N) is 1. The van der Waals surface area contributed by atoms with Crippen LogP contribution in [0.25, 0.3) is 0 Å². The summed E-state index contributed by atoms with van der Waals surface area (Å²) in [5, 5.41) is 12.6. The van der Waals surface area contributed by atoms with Gasteiger partial charge in [-0.25, -0.2) is 9.97 Å². The fraction of sp³-hybridized carbons (Fsp3) is 0.667. The summed E-state index contributed by atoms with van der Waals surface area (Å²) in [6.45, 7) is 2.82. The molecule has 22 heavy (non-hydrogen) atoms. The molecule has 1 amide bonds. The maximum atomic E-state index is 11.9. The van der Waals surface area contributed by atoms with Crippen molar-refractivity contribution >= 4 is 17.5 Å². The minimum absolute atomic E-state index is 0.00799. The SMILES string of the molecule is C[C@H](Nc1cc(N2CCCCC2CO)ncn1)C(=O)N(C)C. The molecule has 7 heteroatoms. The van der Waals surface area contributed by atoms with Crippen LogP contribution < -0.4 is 10.2 Å². The fourth-order valence-electron chi connectivity index (χ4n) is 2.75. The molecule has 0 aliphatic carbocycles. The first-order chi connectivity index (χ1) is 10.5. The van der Waals surface area contributed by atoms with E-state index >= 15 is 0 Å². The number of aromatic nitrogens is 2. The van der Waals surface area contributed by atoms with Crippen molar-refractivity contribution in [3.63, 3.8) is 0 Å². The largest absolute Gasteiger partial charge is 0.394 e. The molecule has 0 saturated carbocycles. The Morgan fingerprint density at radius 3 is 2.95 bits per heavy atom. The first-order valence-electron chi connectivity index (χ1n) is 7.70. The standard InChI is InChI=1S/C15H25N5O2/c1-11(15(22)19(2)3)18-13-8-14(17-10-16-13)20-7-5-4-6-12(20)9-21/h8,10-12,21H,4-7,9H2,1-3H3,(H,16,17,18)/t11-,12?/m0/s1. The lowest BCUT2D eigenvalue weighted by Gasteiger charge is -2.35. The van der Waals surface area contributed by atoms with E-state index in [0.29, 0.717) is 5.82 Å². The third-order valence-corrected chi connectivity index (χ3v) is 3.96. The van der Waals surface area contributed by atoms with Crippen LogP contribution in [-0.2, 0) is 4.79 Å². The minimum Gasteiger partial charge on any atom is -0.394 e. The van der Waals surface area contributed by atoms with Gasteiger partial charge in [-0.3, -0.25) is 4.79 Å². The summed E-state index contributed by atoms with van der Waals surface area (Å²) in [4.78, 5) is 24.1. The highest BCUT2D eigenvalue weighted by atomic mass is 16.3. The summed E-state index contributed by atoms with van der Waals surface area (Å²) in [6.07, 6.45) is 4.69. The molecular formula is C15H25N5O2. The summed E-state index contributed by atoms with van der Waals surface area (Å²) in [5.74, 6) is 1.40. The second kappa shape index (κ2) is 7.40. The molecular weight excluding hydrogens is 282 g/mol. The molecule has 122 valence electrons. The number of hydrogen-bond acceptors (Lipinski definition) is 6. The van der Waals surface area contributed by atoms with Crippen LogP contribution in [0.15, 0.2) is 12.4 Å². The number of anilines is 2. The topological polar surface area (TPSA) is 81.6 Å². The number of rotatable bonds is 5. The van der Waals surface area contributed by atoms with Crippen molar-refractivity contribution in [2.24, 2.45) is 0 Å². The summed E-state index contributed by atoms with van der Waals surface area (Å²) in [7, 11) is 3.46. The average molecular weight is 307 g/mol. The van der Waals surface area contributed by atoms with Crippen molar-refractivity contribution in [2.75, 3.05) is 37.5 Å². The molecule has 0 bridgehead atoms. The number of hydrogen-bond donors (Lipinski definition) is 2. The molecule has 1 aliphatic rings. The van der Waals surface area contributed by atoms with Gasteiger partial charge in [-0.05, 0) is 26.2 Å².